The molecule has 7 rings (SSSR count). The Morgan fingerprint density at radius 2 is 1.35 bits per heavy atom. The summed E-state index contributed by atoms with van der Waals surface area (Å²) in [7, 11) is -2.23. The fourth-order valence-corrected chi connectivity index (χ4v) is 12.6. The van der Waals surface area contributed by atoms with Gasteiger partial charge in [-0.05, 0) is 123 Å². The summed E-state index contributed by atoms with van der Waals surface area (Å²) in [5.74, 6) is -0.0744. The lowest BCUT2D eigenvalue weighted by molar-refractivity contribution is -0.243. The molecule has 8 heteroatoms. The van der Waals surface area contributed by atoms with E-state index in [-0.39, 0.29) is 69.8 Å². The van der Waals surface area contributed by atoms with Crippen molar-refractivity contribution in [1.29, 1.82) is 0 Å². The highest BCUT2D eigenvalue weighted by molar-refractivity contribution is 6.74. The van der Waals surface area contributed by atoms with Crippen molar-refractivity contribution in [2.24, 2.45) is 40.4 Å². The Hall–Kier alpha value is -2.52. The minimum atomic E-state index is -2.23. The number of fused-ring (bicyclic) bond motifs is 5. The Balaban J connectivity index is 1.28. The van der Waals surface area contributed by atoms with Crippen molar-refractivity contribution in [3.8, 4) is 0 Å². The fourth-order valence-electron chi connectivity index (χ4n) is 11.3. The monoisotopic (exact) mass is 716 g/mol. The predicted octanol–water partition coefficient (Wildman–Crippen LogP) is 9.47. The van der Waals surface area contributed by atoms with Crippen LogP contribution in [0, 0.1) is 40.4 Å². The van der Waals surface area contributed by atoms with Crippen LogP contribution in [0.25, 0.3) is 0 Å². The summed E-state index contributed by atoms with van der Waals surface area (Å²) in [6.45, 7) is 20.1. The van der Waals surface area contributed by atoms with E-state index in [0.717, 1.165) is 44.9 Å². The number of hydrogen-bond donors (Lipinski definition) is 0. The van der Waals surface area contributed by atoms with E-state index in [1.54, 1.807) is 0 Å². The van der Waals surface area contributed by atoms with Crippen LogP contribution in [0.15, 0.2) is 60.7 Å². The summed E-state index contributed by atoms with van der Waals surface area (Å²) in [5.41, 5.74) is 0.986. The van der Waals surface area contributed by atoms with E-state index in [1.165, 1.54) is 0 Å². The zero-order chi connectivity index (χ0) is 36.4. The molecule has 0 aromatic heterocycles. The Morgan fingerprint density at radius 1 is 0.765 bits per heavy atom. The highest BCUT2D eigenvalue weighted by Gasteiger charge is 2.69. The molecule has 0 spiro atoms. The second kappa shape index (κ2) is 13.4. The molecule has 1 aliphatic heterocycles. The third-order valence-corrected chi connectivity index (χ3v) is 19.3. The Bertz CT molecular complexity index is 1570. The van der Waals surface area contributed by atoms with Crippen LogP contribution in [0.5, 0.6) is 0 Å². The molecular weight excluding hydrogens is 657 g/mol. The van der Waals surface area contributed by atoms with E-state index in [2.05, 4.69) is 54.6 Å². The van der Waals surface area contributed by atoms with Crippen molar-refractivity contribution in [3.05, 3.63) is 71.8 Å². The summed E-state index contributed by atoms with van der Waals surface area (Å²) >= 11 is 0. The van der Waals surface area contributed by atoms with Crippen molar-refractivity contribution in [2.45, 2.75) is 129 Å². The van der Waals surface area contributed by atoms with Gasteiger partial charge in [0, 0.05) is 17.9 Å². The number of benzene rings is 2. The quantitative estimate of drug-likeness (QED) is 0.209. The molecule has 1 saturated heterocycles. The van der Waals surface area contributed by atoms with Crippen molar-refractivity contribution >= 4 is 20.3 Å². The zero-order valence-electron chi connectivity index (χ0n) is 32.1. The van der Waals surface area contributed by atoms with Crippen LogP contribution in [0.1, 0.15) is 107 Å². The summed E-state index contributed by atoms with van der Waals surface area (Å²) in [4.78, 5) is 27.2. The number of carbonyl (C=O) groups is 2. The maximum Gasteiger partial charge on any atom is 0.338 e. The van der Waals surface area contributed by atoms with Crippen molar-refractivity contribution in [1.82, 2.24) is 0 Å². The number of rotatable bonds is 7. The smallest absolute Gasteiger partial charge is 0.338 e. The average Bonchev–Trinajstić information content (AvgIpc) is 3.68. The first kappa shape index (κ1) is 36.8. The number of hydrogen-bond acceptors (Lipinski definition) is 7. The molecule has 1 unspecified atom stereocenters. The molecule has 1 heterocycles. The van der Waals surface area contributed by atoms with Gasteiger partial charge in [0.15, 0.2) is 14.1 Å². The van der Waals surface area contributed by atoms with Gasteiger partial charge in [-0.2, -0.15) is 0 Å². The molecule has 5 fully saturated rings. The number of carbonyl (C=O) groups excluding carboxylic acids is 2. The summed E-state index contributed by atoms with van der Waals surface area (Å²) in [5, 5.41) is 0.0381. The molecule has 0 amide bonds. The Kier molecular flexibility index (Phi) is 9.68. The molecule has 2 aromatic carbocycles. The van der Waals surface area contributed by atoms with Gasteiger partial charge in [-0.25, -0.2) is 9.59 Å². The van der Waals surface area contributed by atoms with Gasteiger partial charge in [-0.15, -0.1) is 0 Å². The van der Waals surface area contributed by atoms with Crippen LogP contribution in [0.2, 0.25) is 18.1 Å². The molecule has 4 saturated carbocycles. The number of esters is 2. The maximum absolute atomic E-state index is 14.0. The van der Waals surface area contributed by atoms with Gasteiger partial charge < -0.3 is 23.4 Å². The second-order valence-electron chi connectivity index (χ2n) is 18.6. The van der Waals surface area contributed by atoms with E-state index in [1.807, 2.05) is 60.7 Å². The largest absolute Gasteiger partial charge is 0.459 e. The van der Waals surface area contributed by atoms with Gasteiger partial charge in [0.2, 0.25) is 0 Å². The third kappa shape index (κ3) is 6.55. The normalized spacial score (nSPS) is 37.5. The van der Waals surface area contributed by atoms with Gasteiger partial charge >= 0.3 is 11.9 Å². The van der Waals surface area contributed by atoms with Crippen molar-refractivity contribution in [2.75, 3.05) is 13.2 Å². The minimum absolute atomic E-state index is 0.00288. The van der Waals surface area contributed by atoms with Crippen molar-refractivity contribution < 1.29 is 33.0 Å². The van der Waals surface area contributed by atoms with Crippen LogP contribution in [-0.4, -0.2) is 57.6 Å². The molecule has 278 valence electrons. The lowest BCUT2D eigenvalue weighted by Crippen LogP contribution is -2.66. The Labute approximate surface area is 306 Å². The first-order chi connectivity index (χ1) is 24.1. The Morgan fingerprint density at radius 3 is 1.94 bits per heavy atom. The standard InChI is InChI=1S/C43H60O7Si/c1-40(2,3)51(7,8)50-34-27-42(5)32(19-20-35(42)43(6)46-23-24-47-43)36-33(49-39(45)29-17-13-10-14-18-29)26-30-25-31(21-22-41(30,4)37(34)36)48-38(44)28-15-11-9-12-16-28/h9-18,30-37H,19-27H2,1-8H3/t30-,31-,32-,33+,34+,35?,36+,37-,41-,42-/m0/s1. The average molecular weight is 717 g/mol. The van der Waals surface area contributed by atoms with Gasteiger partial charge in [-0.3, -0.25) is 0 Å². The molecule has 51 heavy (non-hydrogen) atoms. The predicted molar refractivity (Wildman–Crippen MR) is 200 cm³/mol. The van der Waals surface area contributed by atoms with Gasteiger partial charge in [0.05, 0.1) is 24.3 Å². The summed E-state index contributed by atoms with van der Waals surface area (Å²) in [6, 6.07) is 18.7. The van der Waals surface area contributed by atoms with Gasteiger partial charge in [0.1, 0.15) is 12.2 Å². The molecule has 7 nitrogen and oxygen atoms in total. The van der Waals surface area contributed by atoms with E-state index < -0.39 is 14.1 Å². The first-order valence-corrected chi connectivity index (χ1v) is 22.4. The zero-order valence-corrected chi connectivity index (χ0v) is 33.1. The van der Waals surface area contributed by atoms with Crippen LogP contribution in [-0.2, 0) is 23.4 Å². The molecule has 2 aromatic rings. The van der Waals surface area contributed by atoms with Gasteiger partial charge in [-0.1, -0.05) is 71.0 Å². The highest BCUT2D eigenvalue weighted by Crippen LogP contribution is 2.70. The van der Waals surface area contributed by atoms with Crippen LogP contribution in [0.4, 0.5) is 0 Å². The molecule has 0 bridgehead atoms. The highest BCUT2D eigenvalue weighted by atomic mass is 28.4. The molecule has 0 radical (unpaired) electrons. The lowest BCUT2D eigenvalue weighted by Gasteiger charge is -2.65. The SMILES string of the molecule is CC1(C2CC[C@H]3[C@H]4[C@H]([C@H](O[Si](C)(C)C(C)(C)C)C[C@]23C)[C@@]2(C)CC[C@H](OC(=O)c3ccccc3)C[C@H]2C[C@H]4OC(=O)c2ccccc2)OCCO1. The van der Waals surface area contributed by atoms with E-state index >= 15 is 0 Å². The topological polar surface area (TPSA) is 80.3 Å². The first-order valence-electron chi connectivity index (χ1n) is 19.5. The van der Waals surface area contributed by atoms with Gasteiger partial charge in [0.25, 0.3) is 0 Å². The fraction of sp³-hybridized carbons (Fsp3) is 0.674. The molecule has 10 atom stereocenters. The maximum atomic E-state index is 14.0. The number of ether oxygens (including phenoxy) is 4. The summed E-state index contributed by atoms with van der Waals surface area (Å²) in [6.07, 6.45) is 5.82. The molecule has 5 aliphatic rings. The van der Waals surface area contributed by atoms with E-state index in [4.69, 9.17) is 23.4 Å². The molecular formula is C43H60O7Si. The lowest BCUT2D eigenvalue weighted by atomic mass is 9.43. The van der Waals surface area contributed by atoms with Crippen molar-refractivity contribution in [3.63, 3.8) is 0 Å². The van der Waals surface area contributed by atoms with E-state index in [9.17, 15) is 9.59 Å². The second-order valence-corrected chi connectivity index (χ2v) is 23.4. The summed E-state index contributed by atoms with van der Waals surface area (Å²) < 4.78 is 33.5. The van der Waals surface area contributed by atoms with E-state index in [0.29, 0.717) is 30.3 Å². The van der Waals surface area contributed by atoms with Crippen LogP contribution < -0.4 is 0 Å². The molecule has 0 N–H and O–H groups in total. The minimum Gasteiger partial charge on any atom is -0.459 e. The van der Waals surface area contributed by atoms with Crippen LogP contribution >= 0.6 is 0 Å². The molecule has 4 aliphatic carbocycles. The van der Waals surface area contributed by atoms with Crippen LogP contribution in [0.3, 0.4) is 0 Å². The third-order valence-electron chi connectivity index (χ3n) is 14.8.